The van der Waals surface area contributed by atoms with Crippen LogP contribution in [0.15, 0.2) is 61.2 Å². The molecule has 144 valence electrons. The van der Waals surface area contributed by atoms with Crippen molar-refractivity contribution in [3.63, 3.8) is 0 Å². The van der Waals surface area contributed by atoms with E-state index >= 15 is 0 Å². The monoisotopic (exact) mass is 407 g/mol. The first-order chi connectivity index (χ1) is 14.1. The molecule has 5 rings (SSSR count). The number of benzene rings is 1. The zero-order valence-electron chi connectivity index (χ0n) is 15.1. The van der Waals surface area contributed by atoms with Crippen LogP contribution < -0.4 is 5.32 Å². The van der Waals surface area contributed by atoms with Crippen LogP contribution in [0.1, 0.15) is 28.9 Å². The van der Waals surface area contributed by atoms with Gasteiger partial charge in [0.2, 0.25) is 0 Å². The van der Waals surface area contributed by atoms with Crippen LogP contribution in [0.5, 0.6) is 0 Å². The van der Waals surface area contributed by atoms with Gasteiger partial charge in [0, 0.05) is 22.8 Å². The van der Waals surface area contributed by atoms with Crippen molar-refractivity contribution in [2.45, 2.75) is 18.4 Å². The Labute approximate surface area is 170 Å². The average Bonchev–Trinajstić information content (AvgIpc) is 3.38. The number of pyridine rings is 2. The van der Waals surface area contributed by atoms with Gasteiger partial charge in [0.1, 0.15) is 5.82 Å². The van der Waals surface area contributed by atoms with E-state index in [9.17, 15) is 9.18 Å². The van der Waals surface area contributed by atoms with Crippen molar-refractivity contribution in [1.82, 2.24) is 25.1 Å². The van der Waals surface area contributed by atoms with Gasteiger partial charge in [-0.05, 0) is 49.2 Å². The predicted molar refractivity (Wildman–Crippen MR) is 106 cm³/mol. The predicted octanol–water partition coefficient (Wildman–Crippen LogP) is 4.03. The van der Waals surface area contributed by atoms with E-state index in [-0.39, 0.29) is 11.7 Å². The number of nitrogens with one attached hydrogen (secondary N) is 1. The van der Waals surface area contributed by atoms with Gasteiger partial charge in [-0.15, -0.1) is 0 Å². The van der Waals surface area contributed by atoms with E-state index in [2.05, 4.69) is 20.4 Å². The van der Waals surface area contributed by atoms with Gasteiger partial charge < -0.3 is 5.32 Å². The molecule has 0 aliphatic heterocycles. The van der Waals surface area contributed by atoms with Gasteiger partial charge in [0.15, 0.2) is 0 Å². The lowest BCUT2D eigenvalue weighted by Crippen LogP contribution is -2.35. The van der Waals surface area contributed by atoms with Crippen LogP contribution in [-0.2, 0) is 5.54 Å². The van der Waals surface area contributed by atoms with Crippen LogP contribution in [0, 0.1) is 5.82 Å². The molecule has 29 heavy (non-hydrogen) atoms. The fraction of sp³-hybridized carbons (Fsp3) is 0.143. The molecular formula is C21H15ClFN5O. The Balaban J connectivity index is 1.49. The third-order valence-corrected chi connectivity index (χ3v) is 5.36. The Morgan fingerprint density at radius 1 is 1.14 bits per heavy atom. The van der Waals surface area contributed by atoms with Crippen molar-refractivity contribution in [3.8, 4) is 5.69 Å². The molecule has 0 bridgehead atoms. The van der Waals surface area contributed by atoms with Crippen molar-refractivity contribution in [2.75, 3.05) is 0 Å². The summed E-state index contributed by atoms with van der Waals surface area (Å²) in [5.74, 6) is -0.575. The second-order valence-electron chi connectivity index (χ2n) is 7.05. The Morgan fingerprint density at radius 2 is 1.93 bits per heavy atom. The molecule has 1 N–H and O–H groups in total. The fourth-order valence-corrected chi connectivity index (χ4v) is 3.59. The van der Waals surface area contributed by atoms with Crippen molar-refractivity contribution in [1.29, 1.82) is 0 Å². The molecule has 3 heterocycles. The molecule has 1 amide bonds. The lowest BCUT2D eigenvalue weighted by molar-refractivity contribution is 0.0931. The molecule has 1 aliphatic rings. The lowest BCUT2D eigenvalue weighted by Gasteiger charge is -2.17. The van der Waals surface area contributed by atoms with E-state index in [4.69, 9.17) is 11.6 Å². The maximum Gasteiger partial charge on any atom is 0.254 e. The van der Waals surface area contributed by atoms with Gasteiger partial charge in [0.25, 0.3) is 5.91 Å². The van der Waals surface area contributed by atoms with Gasteiger partial charge in [-0.25, -0.2) is 9.07 Å². The molecule has 3 aromatic heterocycles. The normalized spacial score (nSPS) is 14.7. The molecular weight excluding hydrogens is 393 g/mol. The number of fused-ring (bicyclic) bond motifs is 1. The molecule has 1 saturated carbocycles. The molecule has 0 spiro atoms. The standard InChI is InChI=1S/C21H15ClFN5O/c22-13-5-8-25-19(9-13)21(6-7-21)27-20(29)17-10-24-12-18-16(17)11-26-28(18)15-3-1-14(23)2-4-15/h1-5,8-12H,6-7H2,(H,27,29). The number of rotatable bonds is 4. The highest BCUT2D eigenvalue weighted by molar-refractivity contribution is 6.30. The number of nitrogens with zero attached hydrogens (tertiary/aromatic N) is 4. The van der Waals surface area contributed by atoms with Crippen LogP contribution in [0.25, 0.3) is 16.6 Å². The molecule has 1 aromatic carbocycles. The molecule has 1 aliphatic carbocycles. The van der Waals surface area contributed by atoms with Crippen LogP contribution in [0.2, 0.25) is 5.02 Å². The van der Waals surface area contributed by atoms with E-state index in [0.29, 0.717) is 27.2 Å². The summed E-state index contributed by atoms with van der Waals surface area (Å²) >= 11 is 6.08. The van der Waals surface area contributed by atoms with Crippen LogP contribution in [-0.4, -0.2) is 25.7 Å². The minimum atomic E-state index is -0.503. The first-order valence-corrected chi connectivity index (χ1v) is 9.46. The highest BCUT2D eigenvalue weighted by Crippen LogP contribution is 2.45. The van der Waals surface area contributed by atoms with E-state index in [1.165, 1.54) is 18.3 Å². The van der Waals surface area contributed by atoms with Crippen molar-refractivity contribution < 1.29 is 9.18 Å². The second kappa shape index (κ2) is 6.63. The fourth-order valence-electron chi connectivity index (χ4n) is 3.43. The van der Waals surface area contributed by atoms with E-state index < -0.39 is 5.54 Å². The maximum absolute atomic E-state index is 13.2. The summed E-state index contributed by atoms with van der Waals surface area (Å²) in [5, 5.41) is 8.70. The van der Waals surface area contributed by atoms with Gasteiger partial charge in [0.05, 0.1) is 40.4 Å². The Bertz CT molecular complexity index is 1230. The van der Waals surface area contributed by atoms with E-state index in [1.807, 2.05) is 0 Å². The highest BCUT2D eigenvalue weighted by atomic mass is 35.5. The first kappa shape index (κ1) is 17.8. The number of halogens is 2. The maximum atomic E-state index is 13.2. The van der Waals surface area contributed by atoms with Crippen LogP contribution in [0.3, 0.4) is 0 Å². The highest BCUT2D eigenvalue weighted by Gasteiger charge is 2.47. The number of hydrogen-bond acceptors (Lipinski definition) is 4. The molecule has 4 aromatic rings. The average molecular weight is 408 g/mol. The number of aromatic nitrogens is 4. The van der Waals surface area contributed by atoms with Gasteiger partial charge in [-0.1, -0.05) is 11.6 Å². The Hall–Kier alpha value is -3.32. The molecule has 0 atom stereocenters. The third-order valence-electron chi connectivity index (χ3n) is 5.13. The Morgan fingerprint density at radius 3 is 2.66 bits per heavy atom. The summed E-state index contributed by atoms with van der Waals surface area (Å²) in [6, 6.07) is 9.46. The summed E-state index contributed by atoms with van der Waals surface area (Å²) in [5.41, 5.74) is 2.01. The van der Waals surface area contributed by atoms with Crippen LogP contribution >= 0.6 is 11.6 Å². The first-order valence-electron chi connectivity index (χ1n) is 9.08. The van der Waals surface area contributed by atoms with Gasteiger partial charge in [-0.3, -0.25) is 14.8 Å². The SMILES string of the molecule is O=C(NC1(c2cc(Cl)ccn2)CC1)c1cncc2c1cnn2-c1ccc(F)cc1. The largest absolute Gasteiger partial charge is 0.341 e. The summed E-state index contributed by atoms with van der Waals surface area (Å²) in [6.07, 6.45) is 8.00. The van der Waals surface area contributed by atoms with Crippen molar-refractivity contribution in [3.05, 3.63) is 83.3 Å². The zero-order valence-corrected chi connectivity index (χ0v) is 15.9. The molecule has 0 radical (unpaired) electrons. The second-order valence-corrected chi connectivity index (χ2v) is 7.48. The molecule has 8 heteroatoms. The zero-order chi connectivity index (χ0) is 20.0. The number of carbonyl (C=O) groups is 1. The number of hydrogen-bond donors (Lipinski definition) is 1. The number of carbonyl (C=O) groups excluding carboxylic acids is 1. The van der Waals surface area contributed by atoms with E-state index in [1.54, 1.807) is 47.5 Å². The summed E-state index contributed by atoms with van der Waals surface area (Å²) < 4.78 is 14.9. The van der Waals surface area contributed by atoms with Crippen molar-refractivity contribution >= 4 is 28.4 Å². The van der Waals surface area contributed by atoms with Gasteiger partial charge in [-0.2, -0.15) is 5.10 Å². The minimum absolute atomic E-state index is 0.249. The molecule has 1 fully saturated rings. The third kappa shape index (κ3) is 3.13. The Kier molecular flexibility index (Phi) is 4.06. The summed E-state index contributed by atoms with van der Waals surface area (Å²) in [7, 11) is 0. The topological polar surface area (TPSA) is 72.7 Å². The number of amides is 1. The van der Waals surface area contributed by atoms with E-state index in [0.717, 1.165) is 18.5 Å². The molecule has 0 unspecified atom stereocenters. The lowest BCUT2D eigenvalue weighted by atomic mass is 10.1. The summed E-state index contributed by atoms with van der Waals surface area (Å²) in [4.78, 5) is 21.7. The molecule has 6 nitrogen and oxygen atoms in total. The smallest absolute Gasteiger partial charge is 0.254 e. The van der Waals surface area contributed by atoms with Crippen LogP contribution in [0.4, 0.5) is 4.39 Å². The quantitative estimate of drug-likeness (QED) is 0.554. The molecule has 0 saturated heterocycles. The minimum Gasteiger partial charge on any atom is -0.341 e. The van der Waals surface area contributed by atoms with Gasteiger partial charge >= 0.3 is 0 Å². The summed E-state index contributed by atoms with van der Waals surface area (Å²) in [6.45, 7) is 0. The van der Waals surface area contributed by atoms with Crippen molar-refractivity contribution in [2.24, 2.45) is 0 Å².